The molecule has 0 radical (unpaired) electrons. The normalized spacial score (nSPS) is 15.2. The van der Waals surface area contributed by atoms with Crippen LogP contribution >= 0.6 is 11.6 Å². The molecule has 1 saturated heterocycles. The van der Waals surface area contributed by atoms with Gasteiger partial charge in [-0.3, -0.25) is 9.59 Å². The van der Waals surface area contributed by atoms with Crippen molar-refractivity contribution in [2.75, 3.05) is 31.1 Å². The molecule has 0 aliphatic carbocycles. The van der Waals surface area contributed by atoms with Crippen LogP contribution in [-0.2, 0) is 11.2 Å². The standard InChI is InChI=1S/C31H34ClFN4O3/c1-3-23(32)10-8-21(2)30-27(6-4-5-7-29(38)39)34-28-20-22(9-15-26(28)35-30)31(40)37-18-16-36(17-19-37)25-13-11-24(33)12-14-25/h3,8-15,20-21H,4-7,16-19H2,1-2H3,(H,38,39)/b10-8-,23-3+. The van der Waals surface area contributed by atoms with Crippen LogP contribution in [0.4, 0.5) is 10.1 Å². The van der Waals surface area contributed by atoms with Gasteiger partial charge in [0.05, 0.1) is 22.4 Å². The molecule has 4 rings (SSSR count). The predicted molar refractivity (Wildman–Crippen MR) is 156 cm³/mol. The third-order valence-corrected chi connectivity index (χ3v) is 7.42. The Hall–Kier alpha value is -3.78. The fourth-order valence-corrected chi connectivity index (χ4v) is 4.85. The summed E-state index contributed by atoms with van der Waals surface area (Å²) in [6.45, 7) is 6.34. The van der Waals surface area contributed by atoms with E-state index in [1.165, 1.54) is 12.1 Å². The summed E-state index contributed by atoms with van der Waals surface area (Å²) in [6.07, 6.45) is 7.53. The number of hydrogen-bond acceptors (Lipinski definition) is 5. The largest absolute Gasteiger partial charge is 0.481 e. The van der Waals surface area contributed by atoms with Gasteiger partial charge in [0.1, 0.15) is 5.82 Å². The quantitative estimate of drug-likeness (QED) is 0.229. The molecule has 7 nitrogen and oxygen atoms in total. The number of halogens is 2. The van der Waals surface area contributed by atoms with Crippen LogP contribution in [0.15, 0.2) is 65.7 Å². The molecule has 0 saturated carbocycles. The first kappa shape index (κ1) is 29.2. The van der Waals surface area contributed by atoms with Crippen molar-refractivity contribution in [3.63, 3.8) is 0 Å². The fraction of sp³-hybridized carbons (Fsp3) is 0.355. The highest BCUT2D eigenvalue weighted by Crippen LogP contribution is 2.25. The summed E-state index contributed by atoms with van der Waals surface area (Å²) >= 11 is 6.15. The van der Waals surface area contributed by atoms with Gasteiger partial charge in [0.2, 0.25) is 0 Å². The lowest BCUT2D eigenvalue weighted by molar-refractivity contribution is -0.137. The minimum atomic E-state index is -0.816. The lowest BCUT2D eigenvalue weighted by atomic mass is 10.00. The minimum absolute atomic E-state index is 0.0567. The molecular weight excluding hydrogens is 531 g/mol. The summed E-state index contributed by atoms with van der Waals surface area (Å²) in [7, 11) is 0. The average Bonchev–Trinajstić information content (AvgIpc) is 2.97. The van der Waals surface area contributed by atoms with Crippen molar-refractivity contribution >= 4 is 40.2 Å². The van der Waals surface area contributed by atoms with Gasteiger partial charge >= 0.3 is 5.97 Å². The van der Waals surface area contributed by atoms with Gasteiger partial charge in [-0.05, 0) is 74.7 Å². The average molecular weight is 565 g/mol. The SMILES string of the molecule is C/C=C(Cl)\C=C/C(C)c1nc2ccc(C(=O)N3CCN(c4ccc(F)cc4)CC3)cc2nc1CCCCC(=O)O. The molecule has 1 amide bonds. The number of aliphatic carboxylic acids is 1. The van der Waals surface area contributed by atoms with E-state index in [9.17, 15) is 14.0 Å². The molecule has 9 heteroatoms. The number of rotatable bonds is 10. The zero-order valence-corrected chi connectivity index (χ0v) is 23.6. The van der Waals surface area contributed by atoms with Gasteiger partial charge in [-0.1, -0.05) is 30.7 Å². The Balaban J connectivity index is 1.53. The van der Waals surface area contributed by atoms with Gasteiger partial charge in [-0.15, -0.1) is 0 Å². The number of anilines is 1. The summed E-state index contributed by atoms with van der Waals surface area (Å²) in [4.78, 5) is 38.1. The van der Waals surface area contributed by atoms with Crippen molar-refractivity contribution in [3.8, 4) is 0 Å². The molecule has 40 heavy (non-hydrogen) atoms. The third kappa shape index (κ3) is 7.45. The van der Waals surface area contributed by atoms with E-state index < -0.39 is 5.97 Å². The molecule has 1 fully saturated rings. The number of hydrogen-bond donors (Lipinski definition) is 1. The van der Waals surface area contributed by atoms with Crippen LogP contribution in [0.2, 0.25) is 0 Å². The zero-order valence-electron chi connectivity index (χ0n) is 22.8. The van der Waals surface area contributed by atoms with E-state index in [2.05, 4.69) is 4.90 Å². The van der Waals surface area contributed by atoms with Crippen LogP contribution < -0.4 is 4.90 Å². The fourth-order valence-electron chi connectivity index (χ4n) is 4.78. The molecule has 3 aromatic rings. The van der Waals surface area contributed by atoms with Gasteiger partial charge in [0.15, 0.2) is 0 Å². The molecule has 1 N–H and O–H groups in total. The number of carbonyl (C=O) groups excluding carboxylic acids is 1. The highest BCUT2D eigenvalue weighted by Gasteiger charge is 2.23. The van der Waals surface area contributed by atoms with Gasteiger partial charge in [-0.25, -0.2) is 14.4 Å². The third-order valence-electron chi connectivity index (χ3n) is 7.08. The van der Waals surface area contributed by atoms with Gasteiger partial charge < -0.3 is 14.9 Å². The van der Waals surface area contributed by atoms with E-state index in [1.54, 1.807) is 24.3 Å². The van der Waals surface area contributed by atoms with Gasteiger partial charge in [0, 0.05) is 54.8 Å². The Morgan fingerprint density at radius 1 is 1.05 bits per heavy atom. The maximum Gasteiger partial charge on any atom is 0.303 e. The monoisotopic (exact) mass is 564 g/mol. The first-order chi connectivity index (χ1) is 19.2. The second kappa shape index (κ2) is 13.5. The van der Waals surface area contributed by atoms with E-state index >= 15 is 0 Å². The van der Waals surface area contributed by atoms with Crippen LogP contribution in [0, 0.1) is 5.82 Å². The number of aromatic nitrogens is 2. The topological polar surface area (TPSA) is 86.6 Å². The molecule has 0 spiro atoms. The molecule has 1 unspecified atom stereocenters. The minimum Gasteiger partial charge on any atom is -0.481 e. The number of nitrogens with zero attached hydrogens (tertiary/aromatic N) is 4. The highest BCUT2D eigenvalue weighted by molar-refractivity contribution is 6.31. The first-order valence-corrected chi connectivity index (χ1v) is 13.9. The van der Waals surface area contributed by atoms with Crippen molar-refractivity contribution in [3.05, 3.63) is 88.5 Å². The van der Waals surface area contributed by atoms with Crippen LogP contribution in [-0.4, -0.2) is 58.0 Å². The highest BCUT2D eigenvalue weighted by atomic mass is 35.5. The van der Waals surface area contributed by atoms with Crippen LogP contribution in [0.3, 0.4) is 0 Å². The summed E-state index contributed by atoms with van der Waals surface area (Å²) in [6, 6.07) is 11.8. The lowest BCUT2D eigenvalue weighted by Crippen LogP contribution is -2.48. The van der Waals surface area contributed by atoms with E-state index in [4.69, 9.17) is 26.7 Å². The van der Waals surface area contributed by atoms with Gasteiger partial charge in [-0.2, -0.15) is 0 Å². The molecular formula is C31H34ClFN4O3. The Labute approximate surface area is 239 Å². The number of carbonyl (C=O) groups is 2. The number of allylic oxidation sites excluding steroid dienone is 4. The van der Waals surface area contributed by atoms with E-state index in [-0.39, 0.29) is 24.1 Å². The van der Waals surface area contributed by atoms with E-state index in [1.807, 2.05) is 43.0 Å². The Bertz CT molecular complexity index is 1420. The molecule has 1 atom stereocenters. The van der Waals surface area contributed by atoms with E-state index in [0.29, 0.717) is 67.1 Å². The first-order valence-electron chi connectivity index (χ1n) is 13.6. The van der Waals surface area contributed by atoms with E-state index in [0.717, 1.165) is 17.1 Å². The number of amides is 1. The number of unbranched alkanes of at least 4 members (excludes halogenated alkanes) is 1. The molecule has 1 aromatic heterocycles. The summed E-state index contributed by atoms with van der Waals surface area (Å²) < 4.78 is 13.3. The zero-order chi connectivity index (χ0) is 28.6. The Kier molecular flexibility index (Phi) is 9.88. The number of aryl methyl sites for hydroxylation is 1. The second-order valence-electron chi connectivity index (χ2n) is 9.94. The smallest absolute Gasteiger partial charge is 0.303 e. The van der Waals surface area contributed by atoms with Crippen LogP contribution in [0.1, 0.15) is 60.8 Å². The lowest BCUT2D eigenvalue weighted by Gasteiger charge is -2.36. The number of fused-ring (bicyclic) bond motifs is 1. The molecule has 2 heterocycles. The van der Waals surface area contributed by atoms with Gasteiger partial charge in [0.25, 0.3) is 5.91 Å². The van der Waals surface area contributed by atoms with Crippen LogP contribution in [0.5, 0.6) is 0 Å². The van der Waals surface area contributed by atoms with Crippen molar-refractivity contribution in [2.24, 2.45) is 0 Å². The summed E-state index contributed by atoms with van der Waals surface area (Å²) in [5, 5.41) is 9.64. The predicted octanol–water partition coefficient (Wildman–Crippen LogP) is 6.33. The summed E-state index contributed by atoms with van der Waals surface area (Å²) in [5.41, 5.74) is 4.43. The Morgan fingerprint density at radius 2 is 1.77 bits per heavy atom. The molecule has 210 valence electrons. The maximum absolute atomic E-state index is 13.4. The number of carboxylic acid groups (broad SMARTS) is 1. The number of piperazine rings is 1. The van der Waals surface area contributed by atoms with Crippen molar-refractivity contribution < 1.29 is 19.1 Å². The van der Waals surface area contributed by atoms with Crippen molar-refractivity contribution in [1.29, 1.82) is 0 Å². The molecule has 2 aromatic carbocycles. The molecule has 1 aliphatic rings. The molecule has 0 bridgehead atoms. The number of carboxylic acids is 1. The Morgan fingerprint density at radius 3 is 2.45 bits per heavy atom. The second-order valence-corrected chi connectivity index (χ2v) is 10.4. The maximum atomic E-state index is 13.4. The number of benzene rings is 2. The summed E-state index contributed by atoms with van der Waals surface area (Å²) in [5.74, 6) is -1.20. The van der Waals surface area contributed by atoms with Crippen molar-refractivity contribution in [2.45, 2.75) is 45.4 Å². The molecule has 1 aliphatic heterocycles. The van der Waals surface area contributed by atoms with Crippen LogP contribution in [0.25, 0.3) is 11.0 Å². The van der Waals surface area contributed by atoms with Crippen molar-refractivity contribution in [1.82, 2.24) is 14.9 Å².